The summed E-state index contributed by atoms with van der Waals surface area (Å²) in [4.78, 5) is 15.1. The van der Waals surface area contributed by atoms with Gasteiger partial charge in [-0.2, -0.15) is 0 Å². The number of H-pyrrole nitrogens is 1. The average molecular weight is 497 g/mol. The Labute approximate surface area is 207 Å². The van der Waals surface area contributed by atoms with Crippen LogP contribution in [-0.4, -0.2) is 28.7 Å². The number of fused-ring (bicyclic) bond motifs is 1. The predicted octanol–water partition coefficient (Wildman–Crippen LogP) is 5.72. The van der Waals surface area contributed by atoms with E-state index in [1.54, 1.807) is 12.1 Å². The number of hydrogen-bond acceptors (Lipinski definition) is 4. The van der Waals surface area contributed by atoms with E-state index < -0.39 is 17.8 Å². The fourth-order valence-corrected chi connectivity index (χ4v) is 4.07. The van der Waals surface area contributed by atoms with Crippen LogP contribution in [0.25, 0.3) is 10.9 Å². The summed E-state index contributed by atoms with van der Waals surface area (Å²) < 4.78 is 24.9. The fourth-order valence-electron chi connectivity index (χ4n) is 3.85. The largest absolute Gasteiger partial charge is 0.490 e. The number of halogens is 2. The number of aromatic nitrogens is 1. The fraction of sp³-hybridized carbons (Fsp3) is 0.222. The average Bonchev–Trinajstić information content (AvgIpc) is 3.25. The molecule has 0 amide bonds. The highest BCUT2D eigenvalue weighted by atomic mass is 35.5. The van der Waals surface area contributed by atoms with Crippen molar-refractivity contribution in [3.8, 4) is 11.5 Å². The molecular formula is C27H26ClFN2O4. The number of carboxylic acids is 1. The third-order valence-corrected chi connectivity index (χ3v) is 6.01. The normalized spacial score (nSPS) is 12.0. The Morgan fingerprint density at radius 1 is 1.09 bits per heavy atom. The zero-order valence-corrected chi connectivity index (χ0v) is 19.9. The third kappa shape index (κ3) is 6.12. The van der Waals surface area contributed by atoms with Crippen LogP contribution in [0.2, 0.25) is 5.02 Å². The Kier molecular flexibility index (Phi) is 7.90. The van der Waals surface area contributed by atoms with E-state index in [4.69, 9.17) is 21.1 Å². The number of carbonyl (C=O) groups is 1. The van der Waals surface area contributed by atoms with Crippen molar-refractivity contribution in [2.45, 2.75) is 32.5 Å². The molecule has 0 aliphatic rings. The van der Waals surface area contributed by atoms with Gasteiger partial charge in [0.2, 0.25) is 0 Å². The predicted molar refractivity (Wildman–Crippen MR) is 134 cm³/mol. The van der Waals surface area contributed by atoms with E-state index in [0.717, 1.165) is 22.0 Å². The van der Waals surface area contributed by atoms with Crippen LogP contribution in [0.5, 0.6) is 11.5 Å². The van der Waals surface area contributed by atoms with E-state index in [2.05, 4.69) is 10.3 Å². The van der Waals surface area contributed by atoms with Gasteiger partial charge in [0.15, 0.2) is 11.5 Å². The molecule has 1 heterocycles. The summed E-state index contributed by atoms with van der Waals surface area (Å²) in [6.07, 6.45) is 2.20. The molecule has 4 rings (SSSR count). The summed E-state index contributed by atoms with van der Waals surface area (Å²) in [5.41, 5.74) is 3.43. The van der Waals surface area contributed by atoms with Crippen molar-refractivity contribution in [2.75, 3.05) is 6.61 Å². The molecule has 1 aromatic heterocycles. The van der Waals surface area contributed by atoms with Gasteiger partial charge in [0.25, 0.3) is 0 Å². The molecule has 3 aromatic carbocycles. The van der Waals surface area contributed by atoms with Crippen LogP contribution in [0, 0.1) is 5.82 Å². The number of rotatable bonds is 11. The van der Waals surface area contributed by atoms with Crippen molar-refractivity contribution in [1.29, 1.82) is 0 Å². The van der Waals surface area contributed by atoms with E-state index in [0.29, 0.717) is 41.7 Å². The molecule has 0 fully saturated rings. The molecule has 0 saturated carbocycles. The highest BCUT2D eigenvalue weighted by molar-refractivity contribution is 6.31. The van der Waals surface area contributed by atoms with Crippen molar-refractivity contribution < 1.29 is 23.8 Å². The molecule has 35 heavy (non-hydrogen) atoms. The lowest BCUT2D eigenvalue weighted by atomic mass is 10.0. The van der Waals surface area contributed by atoms with Crippen LogP contribution in [0.4, 0.5) is 4.39 Å². The lowest BCUT2D eigenvalue weighted by Crippen LogP contribution is -2.38. The lowest BCUT2D eigenvalue weighted by molar-refractivity contribution is -0.139. The Hall–Kier alpha value is -3.55. The first-order chi connectivity index (χ1) is 16.9. The van der Waals surface area contributed by atoms with E-state index >= 15 is 0 Å². The number of aliphatic carboxylic acids is 1. The van der Waals surface area contributed by atoms with Crippen LogP contribution in [0.3, 0.4) is 0 Å². The maximum absolute atomic E-state index is 13.3. The molecule has 1 unspecified atom stereocenters. The van der Waals surface area contributed by atoms with Gasteiger partial charge in [0.1, 0.15) is 18.5 Å². The zero-order valence-electron chi connectivity index (χ0n) is 19.2. The second-order valence-corrected chi connectivity index (χ2v) is 8.48. The van der Waals surface area contributed by atoms with Gasteiger partial charge in [0, 0.05) is 35.6 Å². The van der Waals surface area contributed by atoms with Crippen molar-refractivity contribution in [3.63, 3.8) is 0 Å². The highest BCUT2D eigenvalue weighted by Gasteiger charge is 2.19. The molecule has 0 bridgehead atoms. The summed E-state index contributed by atoms with van der Waals surface area (Å²) >= 11 is 6.09. The number of carboxylic acid groups (broad SMARTS) is 1. The Bertz CT molecular complexity index is 1320. The van der Waals surface area contributed by atoms with Crippen LogP contribution in [-0.2, 0) is 24.4 Å². The van der Waals surface area contributed by atoms with E-state index in [9.17, 15) is 14.3 Å². The highest BCUT2D eigenvalue weighted by Crippen LogP contribution is 2.30. The van der Waals surface area contributed by atoms with Gasteiger partial charge in [-0.3, -0.25) is 4.79 Å². The van der Waals surface area contributed by atoms with E-state index in [-0.39, 0.29) is 6.61 Å². The van der Waals surface area contributed by atoms with Gasteiger partial charge in [-0.25, -0.2) is 4.39 Å². The molecule has 0 aliphatic heterocycles. The summed E-state index contributed by atoms with van der Waals surface area (Å²) in [5.74, 6) is -0.274. The zero-order chi connectivity index (χ0) is 24.8. The van der Waals surface area contributed by atoms with Crippen molar-refractivity contribution in [2.24, 2.45) is 0 Å². The van der Waals surface area contributed by atoms with E-state index in [1.807, 2.05) is 49.5 Å². The molecule has 0 spiro atoms. The van der Waals surface area contributed by atoms with Gasteiger partial charge in [-0.15, -0.1) is 0 Å². The smallest absolute Gasteiger partial charge is 0.321 e. The molecule has 0 saturated heterocycles. The molecule has 0 aliphatic carbocycles. The number of nitrogens with one attached hydrogen (secondary N) is 2. The van der Waals surface area contributed by atoms with Gasteiger partial charge >= 0.3 is 5.97 Å². The molecule has 0 radical (unpaired) electrons. The molecule has 1 atom stereocenters. The first-order valence-corrected chi connectivity index (χ1v) is 11.7. The summed E-state index contributed by atoms with van der Waals surface area (Å²) in [6.45, 7) is 2.79. The van der Waals surface area contributed by atoms with Crippen LogP contribution < -0.4 is 14.8 Å². The van der Waals surface area contributed by atoms with Gasteiger partial charge in [-0.05, 0) is 48.4 Å². The van der Waals surface area contributed by atoms with Crippen molar-refractivity contribution >= 4 is 28.5 Å². The molecule has 6 nitrogen and oxygen atoms in total. The quantitative estimate of drug-likeness (QED) is 0.247. The second kappa shape index (κ2) is 11.3. The van der Waals surface area contributed by atoms with Crippen LogP contribution in [0.15, 0.2) is 66.9 Å². The Balaban J connectivity index is 1.43. The van der Waals surface area contributed by atoms with Crippen molar-refractivity contribution in [1.82, 2.24) is 10.3 Å². The molecular weight excluding hydrogens is 471 g/mol. The Morgan fingerprint density at radius 2 is 1.91 bits per heavy atom. The maximum atomic E-state index is 13.3. The summed E-state index contributed by atoms with van der Waals surface area (Å²) in [6, 6.07) is 16.7. The molecule has 8 heteroatoms. The van der Waals surface area contributed by atoms with Gasteiger partial charge < -0.3 is 24.9 Å². The molecule has 182 valence electrons. The maximum Gasteiger partial charge on any atom is 0.321 e. The van der Waals surface area contributed by atoms with Crippen molar-refractivity contribution in [3.05, 3.63) is 94.4 Å². The summed E-state index contributed by atoms with van der Waals surface area (Å²) in [5, 5.41) is 14.2. The minimum atomic E-state index is -0.920. The second-order valence-electron chi connectivity index (χ2n) is 8.07. The molecule has 3 N–H and O–H groups in total. The monoisotopic (exact) mass is 496 g/mol. The number of para-hydroxylation sites is 1. The number of benzene rings is 3. The number of hydrogen-bond donors (Lipinski definition) is 3. The minimum Gasteiger partial charge on any atom is -0.490 e. The first kappa shape index (κ1) is 24.6. The van der Waals surface area contributed by atoms with E-state index in [1.165, 1.54) is 12.1 Å². The molecule has 4 aromatic rings. The lowest BCUT2D eigenvalue weighted by Gasteiger charge is -2.17. The topological polar surface area (TPSA) is 83.6 Å². The minimum absolute atomic E-state index is 0.155. The summed E-state index contributed by atoms with van der Waals surface area (Å²) in [7, 11) is 0. The van der Waals surface area contributed by atoms with Gasteiger partial charge in [-0.1, -0.05) is 41.9 Å². The van der Waals surface area contributed by atoms with Crippen LogP contribution in [0.1, 0.15) is 23.6 Å². The number of ether oxygens (including phenoxy) is 2. The number of aromatic amines is 1. The SMILES string of the molecule is CCOc1cc(CNC(Cc2c[nH]c3ccccc23)C(=O)O)ccc1OCc1ccc(F)cc1Cl. The third-order valence-electron chi connectivity index (χ3n) is 5.66. The van der Waals surface area contributed by atoms with Gasteiger partial charge in [0.05, 0.1) is 11.6 Å². The van der Waals surface area contributed by atoms with Crippen LogP contribution >= 0.6 is 11.6 Å². The standard InChI is InChI=1S/C27H26ClFN2O4/c1-2-34-26-11-17(7-10-25(26)35-16-18-8-9-20(29)13-22(18)28)14-30-24(27(32)33)12-19-15-31-23-6-4-3-5-21(19)23/h3-11,13,15,24,30-31H,2,12,14,16H2,1H3,(H,32,33). The Morgan fingerprint density at radius 3 is 2.69 bits per heavy atom. The first-order valence-electron chi connectivity index (χ1n) is 11.3.